The maximum absolute atomic E-state index is 14.3. The molecule has 0 spiro atoms. The smallest absolute Gasteiger partial charge is 0.130 e. The molecule has 0 heterocycles. The summed E-state index contributed by atoms with van der Waals surface area (Å²) in [5.41, 5.74) is 2.16. The van der Waals surface area contributed by atoms with Gasteiger partial charge >= 0.3 is 0 Å². The van der Waals surface area contributed by atoms with E-state index in [1.54, 1.807) is 19.1 Å². The van der Waals surface area contributed by atoms with Gasteiger partial charge in [-0.3, -0.25) is 0 Å². The molecule has 0 aromatic heterocycles. The molecule has 0 N–H and O–H groups in total. The van der Waals surface area contributed by atoms with Gasteiger partial charge in [-0.2, -0.15) is 0 Å². The van der Waals surface area contributed by atoms with Gasteiger partial charge in [0.15, 0.2) is 0 Å². The predicted octanol–water partition coefficient (Wildman–Crippen LogP) is 5.78. The third-order valence-electron chi connectivity index (χ3n) is 3.04. The third kappa shape index (κ3) is 3.23. The average molecular weight is 402 g/mol. The maximum Gasteiger partial charge on any atom is 0.130 e. The molecule has 2 rings (SSSR count). The van der Waals surface area contributed by atoms with Crippen LogP contribution in [-0.2, 0) is 0 Å². The van der Waals surface area contributed by atoms with Crippen molar-refractivity contribution in [2.75, 3.05) is 6.61 Å². The highest BCUT2D eigenvalue weighted by atomic mass is 79.9. The fraction of sp³-hybridized carbons (Fsp3) is 0.250. The van der Waals surface area contributed by atoms with E-state index in [2.05, 4.69) is 31.9 Å². The van der Waals surface area contributed by atoms with Gasteiger partial charge in [-0.05, 0) is 37.6 Å². The Morgan fingerprint density at radius 3 is 2.65 bits per heavy atom. The van der Waals surface area contributed by atoms with Gasteiger partial charge in [0.05, 0.1) is 11.4 Å². The minimum absolute atomic E-state index is 0.184. The number of aryl methyl sites for hydroxylation is 1. The van der Waals surface area contributed by atoms with Crippen LogP contribution in [0.5, 0.6) is 5.75 Å². The number of hydrogen-bond acceptors (Lipinski definition) is 1. The normalized spacial score (nSPS) is 12.2. The van der Waals surface area contributed by atoms with E-state index in [9.17, 15) is 4.39 Å². The lowest BCUT2D eigenvalue weighted by Crippen LogP contribution is -2.02. The van der Waals surface area contributed by atoms with Gasteiger partial charge in [0.1, 0.15) is 11.6 Å². The molecule has 4 heteroatoms. The molecule has 0 aliphatic carbocycles. The second kappa shape index (κ2) is 6.72. The summed E-state index contributed by atoms with van der Waals surface area (Å²) in [6.07, 6.45) is 0. The van der Waals surface area contributed by atoms with E-state index in [0.29, 0.717) is 17.7 Å². The van der Waals surface area contributed by atoms with Gasteiger partial charge in [0.25, 0.3) is 0 Å². The summed E-state index contributed by atoms with van der Waals surface area (Å²) in [5, 5.41) is 0. The zero-order valence-electron chi connectivity index (χ0n) is 11.3. The largest absolute Gasteiger partial charge is 0.494 e. The van der Waals surface area contributed by atoms with Crippen LogP contribution in [0.4, 0.5) is 4.39 Å². The molecule has 1 nitrogen and oxygen atoms in total. The molecule has 1 atom stereocenters. The van der Waals surface area contributed by atoms with E-state index < -0.39 is 0 Å². The third-order valence-corrected chi connectivity index (χ3v) is 4.52. The second-order valence-corrected chi connectivity index (χ2v) is 6.29. The fourth-order valence-corrected chi connectivity index (χ4v) is 3.13. The molecule has 2 aromatic rings. The van der Waals surface area contributed by atoms with Crippen molar-refractivity contribution in [1.29, 1.82) is 0 Å². The molecule has 0 fully saturated rings. The number of hydrogen-bond donors (Lipinski definition) is 0. The van der Waals surface area contributed by atoms with E-state index in [1.165, 1.54) is 0 Å². The van der Waals surface area contributed by atoms with Gasteiger partial charge in [0.2, 0.25) is 0 Å². The van der Waals surface area contributed by atoms with Crippen LogP contribution in [0.25, 0.3) is 0 Å². The lowest BCUT2D eigenvalue weighted by molar-refractivity contribution is 0.337. The molecule has 106 valence electrons. The van der Waals surface area contributed by atoms with Gasteiger partial charge in [-0.25, -0.2) is 4.39 Å². The Kier molecular flexibility index (Phi) is 5.22. The van der Waals surface area contributed by atoms with Gasteiger partial charge < -0.3 is 4.74 Å². The topological polar surface area (TPSA) is 9.23 Å². The summed E-state index contributed by atoms with van der Waals surface area (Å²) < 4.78 is 20.8. The molecule has 0 saturated heterocycles. The van der Waals surface area contributed by atoms with Crippen molar-refractivity contribution in [2.24, 2.45) is 0 Å². The zero-order valence-corrected chi connectivity index (χ0v) is 14.5. The van der Waals surface area contributed by atoms with Crippen LogP contribution >= 0.6 is 31.9 Å². The molecule has 0 amide bonds. The zero-order chi connectivity index (χ0) is 14.7. The van der Waals surface area contributed by atoms with Crippen LogP contribution in [0.15, 0.2) is 40.9 Å². The Labute approximate surface area is 135 Å². The van der Waals surface area contributed by atoms with Crippen molar-refractivity contribution in [2.45, 2.75) is 18.7 Å². The molecule has 0 aliphatic heterocycles. The Morgan fingerprint density at radius 1 is 1.20 bits per heavy atom. The minimum atomic E-state index is -0.249. The van der Waals surface area contributed by atoms with Crippen LogP contribution < -0.4 is 4.74 Å². The first-order chi connectivity index (χ1) is 9.54. The van der Waals surface area contributed by atoms with E-state index in [-0.39, 0.29) is 10.6 Å². The van der Waals surface area contributed by atoms with Gasteiger partial charge in [-0.1, -0.05) is 50.1 Å². The molecule has 0 aliphatic rings. The first-order valence-electron chi connectivity index (χ1n) is 6.36. The van der Waals surface area contributed by atoms with E-state index in [1.807, 2.05) is 31.2 Å². The number of halogens is 3. The molecule has 1 unspecified atom stereocenters. The molecule has 0 bridgehead atoms. The molecular formula is C16H15Br2FO. The predicted molar refractivity (Wildman–Crippen MR) is 87.2 cm³/mol. The fourth-order valence-electron chi connectivity index (χ4n) is 2.04. The summed E-state index contributed by atoms with van der Waals surface area (Å²) >= 11 is 7.04. The van der Waals surface area contributed by atoms with Crippen LogP contribution in [0.3, 0.4) is 0 Å². The Hall–Kier alpha value is -0.870. The van der Waals surface area contributed by atoms with Gasteiger partial charge in [-0.15, -0.1) is 0 Å². The highest BCUT2D eigenvalue weighted by Gasteiger charge is 2.20. The van der Waals surface area contributed by atoms with E-state index in [4.69, 9.17) is 4.74 Å². The van der Waals surface area contributed by atoms with Crippen LogP contribution in [-0.4, -0.2) is 6.61 Å². The maximum atomic E-state index is 14.3. The van der Waals surface area contributed by atoms with Crippen molar-refractivity contribution >= 4 is 31.9 Å². The number of rotatable bonds is 4. The Balaban J connectivity index is 2.49. The lowest BCUT2D eigenvalue weighted by atomic mass is 10.0. The van der Waals surface area contributed by atoms with E-state index in [0.717, 1.165) is 15.8 Å². The summed E-state index contributed by atoms with van der Waals surface area (Å²) in [7, 11) is 0. The average Bonchev–Trinajstić information content (AvgIpc) is 2.43. The highest BCUT2D eigenvalue weighted by molar-refractivity contribution is 9.10. The number of benzene rings is 2. The Bertz CT molecular complexity index is 613. The molecule has 20 heavy (non-hydrogen) atoms. The van der Waals surface area contributed by atoms with Crippen LogP contribution in [0.2, 0.25) is 0 Å². The van der Waals surface area contributed by atoms with Crippen molar-refractivity contribution < 1.29 is 9.13 Å². The van der Waals surface area contributed by atoms with E-state index >= 15 is 0 Å². The van der Waals surface area contributed by atoms with Crippen LogP contribution in [0.1, 0.15) is 28.4 Å². The summed E-state index contributed by atoms with van der Waals surface area (Å²) in [6, 6.07) is 11.2. The van der Waals surface area contributed by atoms with Crippen molar-refractivity contribution in [3.05, 3.63) is 63.4 Å². The second-order valence-electron chi connectivity index (χ2n) is 4.46. The quantitative estimate of drug-likeness (QED) is 0.590. The molecule has 2 aromatic carbocycles. The lowest BCUT2D eigenvalue weighted by Gasteiger charge is -2.17. The first-order valence-corrected chi connectivity index (χ1v) is 8.06. The first kappa shape index (κ1) is 15.5. The number of alkyl halides is 1. The summed E-state index contributed by atoms with van der Waals surface area (Å²) in [4.78, 5) is -0.249. The molecule has 0 radical (unpaired) electrons. The Morgan fingerprint density at radius 2 is 1.95 bits per heavy atom. The molecular weight excluding hydrogens is 387 g/mol. The SMILES string of the molecule is CCOc1ccc(Br)cc1C(Br)c1cccc(C)c1F. The standard InChI is InChI=1S/C16H15Br2FO/c1-3-20-14-8-7-11(17)9-13(14)15(18)12-6-4-5-10(2)16(12)19/h4-9,15H,3H2,1-2H3. The van der Waals surface area contributed by atoms with Crippen LogP contribution in [0, 0.1) is 12.7 Å². The van der Waals surface area contributed by atoms with Crippen molar-refractivity contribution in [3.8, 4) is 5.75 Å². The van der Waals surface area contributed by atoms with Crippen molar-refractivity contribution in [3.63, 3.8) is 0 Å². The molecule has 0 saturated carbocycles. The van der Waals surface area contributed by atoms with Gasteiger partial charge in [0, 0.05) is 15.6 Å². The summed E-state index contributed by atoms with van der Waals surface area (Å²) in [5.74, 6) is 0.579. The summed E-state index contributed by atoms with van der Waals surface area (Å²) in [6.45, 7) is 4.27. The number of ether oxygens (including phenoxy) is 1. The minimum Gasteiger partial charge on any atom is -0.494 e. The monoisotopic (exact) mass is 400 g/mol. The highest BCUT2D eigenvalue weighted by Crippen LogP contribution is 2.39. The van der Waals surface area contributed by atoms with Crippen molar-refractivity contribution in [1.82, 2.24) is 0 Å².